The summed E-state index contributed by atoms with van der Waals surface area (Å²) in [5.41, 5.74) is 0.896. The number of nitrogens with one attached hydrogen (secondary N) is 1. The topological polar surface area (TPSA) is 42.7 Å². The molecule has 1 aromatic carbocycles. The maximum Gasteiger partial charge on any atom is 0.152 e. The van der Waals surface area contributed by atoms with Crippen LogP contribution in [-0.4, -0.2) is 14.8 Å². The van der Waals surface area contributed by atoms with Crippen molar-refractivity contribution in [1.82, 2.24) is 14.8 Å². The summed E-state index contributed by atoms with van der Waals surface area (Å²) in [6, 6.07) is 4.65. The molecule has 2 rings (SSSR count). The van der Waals surface area contributed by atoms with Crippen molar-refractivity contribution in [2.75, 3.05) is 5.32 Å². The summed E-state index contributed by atoms with van der Waals surface area (Å²) in [4.78, 5) is 0. The van der Waals surface area contributed by atoms with E-state index in [0.717, 1.165) is 20.9 Å². The first-order chi connectivity index (χ1) is 8.08. The molecule has 0 saturated carbocycles. The van der Waals surface area contributed by atoms with Crippen LogP contribution in [0.3, 0.4) is 0 Å². The monoisotopic (exact) mass is 346 g/mol. The number of rotatable bonds is 3. The Morgan fingerprint density at radius 2 is 2.18 bits per heavy atom. The summed E-state index contributed by atoms with van der Waals surface area (Å²) in [6.07, 6.45) is 0. The summed E-state index contributed by atoms with van der Waals surface area (Å²) in [6.45, 7) is 2.47. The van der Waals surface area contributed by atoms with Gasteiger partial charge in [0, 0.05) is 16.3 Å². The zero-order valence-corrected chi connectivity index (χ0v) is 11.7. The lowest BCUT2D eigenvalue weighted by molar-refractivity contribution is 0.627. The molecule has 0 radical (unpaired) electrons. The Morgan fingerprint density at radius 3 is 2.76 bits per heavy atom. The van der Waals surface area contributed by atoms with Crippen molar-refractivity contribution in [2.45, 2.75) is 13.5 Å². The maximum atomic E-state index is 12.9. The average molecular weight is 346 g/mol. The summed E-state index contributed by atoms with van der Waals surface area (Å²) in [7, 11) is 1.92. The van der Waals surface area contributed by atoms with Gasteiger partial charge in [0.05, 0.1) is 6.54 Å². The highest BCUT2D eigenvalue weighted by Gasteiger charge is 2.06. The molecule has 0 bridgehead atoms. The molecule has 4 nitrogen and oxygen atoms in total. The number of benzene rings is 1. The first-order valence-corrected chi connectivity index (χ1v) is 6.19. The van der Waals surface area contributed by atoms with Gasteiger partial charge in [-0.05, 0) is 47.7 Å². The average Bonchev–Trinajstić information content (AvgIpc) is 2.59. The van der Waals surface area contributed by atoms with Gasteiger partial charge in [-0.25, -0.2) is 4.39 Å². The third-order valence-electron chi connectivity index (χ3n) is 2.55. The molecule has 90 valence electrons. The van der Waals surface area contributed by atoms with Gasteiger partial charge in [0.1, 0.15) is 11.6 Å². The highest BCUT2D eigenvalue weighted by molar-refractivity contribution is 14.1. The SMILES string of the molecule is Cc1nnc(CNc2ccc(F)cc2I)n1C. The fourth-order valence-corrected chi connectivity index (χ4v) is 2.08. The van der Waals surface area contributed by atoms with Gasteiger partial charge in [-0.15, -0.1) is 10.2 Å². The predicted molar refractivity (Wildman–Crippen MR) is 72.2 cm³/mol. The van der Waals surface area contributed by atoms with E-state index in [1.807, 2.05) is 18.5 Å². The van der Waals surface area contributed by atoms with Gasteiger partial charge >= 0.3 is 0 Å². The summed E-state index contributed by atoms with van der Waals surface area (Å²) < 4.78 is 15.7. The molecule has 2 aromatic rings. The lowest BCUT2D eigenvalue weighted by Crippen LogP contribution is -2.07. The Balaban J connectivity index is 2.10. The Morgan fingerprint density at radius 1 is 1.41 bits per heavy atom. The standard InChI is InChI=1S/C11H12FIN4/c1-7-15-16-11(17(7)2)6-14-10-4-3-8(12)5-9(10)13/h3-5,14H,6H2,1-2H3. The van der Waals surface area contributed by atoms with Gasteiger partial charge < -0.3 is 9.88 Å². The van der Waals surface area contributed by atoms with Crippen molar-refractivity contribution < 1.29 is 4.39 Å². The summed E-state index contributed by atoms with van der Waals surface area (Å²) >= 11 is 2.10. The predicted octanol–water partition coefficient (Wildman–Crippen LogP) is 2.48. The molecule has 1 aromatic heterocycles. The van der Waals surface area contributed by atoms with Crippen LogP contribution in [0.25, 0.3) is 0 Å². The van der Waals surface area contributed by atoms with Gasteiger partial charge in [0.25, 0.3) is 0 Å². The number of halogens is 2. The normalized spacial score (nSPS) is 10.6. The van der Waals surface area contributed by atoms with Crippen LogP contribution in [0.1, 0.15) is 11.6 Å². The molecule has 0 spiro atoms. The van der Waals surface area contributed by atoms with E-state index < -0.39 is 0 Å². The smallest absolute Gasteiger partial charge is 0.152 e. The second kappa shape index (κ2) is 4.99. The van der Waals surface area contributed by atoms with E-state index in [2.05, 4.69) is 38.1 Å². The van der Waals surface area contributed by atoms with Crippen LogP contribution in [-0.2, 0) is 13.6 Å². The van der Waals surface area contributed by atoms with Crippen molar-refractivity contribution in [2.24, 2.45) is 7.05 Å². The fraction of sp³-hybridized carbons (Fsp3) is 0.273. The Hall–Kier alpha value is -1.18. The van der Waals surface area contributed by atoms with Crippen LogP contribution in [0, 0.1) is 16.3 Å². The molecule has 1 heterocycles. The lowest BCUT2D eigenvalue weighted by Gasteiger charge is -2.08. The van der Waals surface area contributed by atoms with Crippen LogP contribution in [0.4, 0.5) is 10.1 Å². The van der Waals surface area contributed by atoms with Crippen molar-refractivity contribution >= 4 is 28.3 Å². The first kappa shape index (κ1) is 12.3. The Kier molecular flexibility index (Phi) is 3.60. The van der Waals surface area contributed by atoms with Crippen molar-refractivity contribution in [3.8, 4) is 0 Å². The van der Waals surface area contributed by atoms with Gasteiger partial charge in [-0.2, -0.15) is 0 Å². The third-order valence-corrected chi connectivity index (χ3v) is 3.44. The second-order valence-corrected chi connectivity index (χ2v) is 4.86. The van der Waals surface area contributed by atoms with Crippen molar-refractivity contribution in [1.29, 1.82) is 0 Å². The first-order valence-electron chi connectivity index (χ1n) is 5.11. The highest BCUT2D eigenvalue weighted by atomic mass is 127. The number of anilines is 1. The molecular formula is C11H12FIN4. The number of aromatic nitrogens is 3. The highest BCUT2D eigenvalue weighted by Crippen LogP contribution is 2.19. The molecule has 0 aliphatic heterocycles. The molecule has 6 heteroatoms. The molecule has 0 amide bonds. The van der Waals surface area contributed by atoms with Gasteiger partial charge in [-0.3, -0.25) is 0 Å². The third kappa shape index (κ3) is 2.74. The summed E-state index contributed by atoms with van der Waals surface area (Å²) in [5.74, 6) is 1.49. The Bertz CT molecular complexity index is 538. The quantitative estimate of drug-likeness (QED) is 0.869. The van der Waals surface area contributed by atoms with E-state index in [9.17, 15) is 4.39 Å². The molecule has 0 unspecified atom stereocenters. The van der Waals surface area contributed by atoms with E-state index in [0.29, 0.717) is 6.54 Å². The van der Waals surface area contributed by atoms with E-state index >= 15 is 0 Å². The second-order valence-electron chi connectivity index (χ2n) is 3.70. The lowest BCUT2D eigenvalue weighted by atomic mass is 10.3. The van der Waals surface area contributed by atoms with E-state index in [4.69, 9.17) is 0 Å². The molecule has 0 fully saturated rings. The van der Waals surface area contributed by atoms with Crippen LogP contribution < -0.4 is 5.32 Å². The molecule has 0 aliphatic carbocycles. The fourth-order valence-electron chi connectivity index (χ4n) is 1.41. The summed E-state index contributed by atoms with van der Waals surface area (Å²) in [5, 5.41) is 11.2. The molecule has 17 heavy (non-hydrogen) atoms. The molecule has 1 N–H and O–H groups in total. The van der Waals surface area contributed by atoms with Crippen molar-refractivity contribution in [3.05, 3.63) is 39.2 Å². The maximum absolute atomic E-state index is 12.9. The van der Waals surface area contributed by atoms with Gasteiger partial charge in [0.15, 0.2) is 5.82 Å². The van der Waals surface area contributed by atoms with E-state index in [1.165, 1.54) is 12.1 Å². The zero-order valence-electron chi connectivity index (χ0n) is 9.54. The molecule has 0 aliphatic rings. The number of hydrogen-bond donors (Lipinski definition) is 1. The molecule has 0 atom stereocenters. The minimum absolute atomic E-state index is 0.227. The van der Waals surface area contributed by atoms with Gasteiger partial charge in [-0.1, -0.05) is 0 Å². The minimum atomic E-state index is -0.227. The molecule has 0 saturated heterocycles. The van der Waals surface area contributed by atoms with Crippen LogP contribution in [0.2, 0.25) is 0 Å². The van der Waals surface area contributed by atoms with E-state index in [1.54, 1.807) is 6.07 Å². The number of nitrogens with zero attached hydrogens (tertiary/aromatic N) is 3. The Labute approximate surface area is 112 Å². The molecular weight excluding hydrogens is 334 g/mol. The van der Waals surface area contributed by atoms with Crippen LogP contribution >= 0.6 is 22.6 Å². The largest absolute Gasteiger partial charge is 0.377 e. The van der Waals surface area contributed by atoms with Crippen LogP contribution in [0.5, 0.6) is 0 Å². The number of aryl methyl sites for hydroxylation is 1. The van der Waals surface area contributed by atoms with Gasteiger partial charge in [0.2, 0.25) is 0 Å². The van der Waals surface area contributed by atoms with E-state index in [-0.39, 0.29) is 5.82 Å². The van der Waals surface area contributed by atoms with Crippen molar-refractivity contribution in [3.63, 3.8) is 0 Å². The minimum Gasteiger partial charge on any atom is -0.377 e. The number of hydrogen-bond acceptors (Lipinski definition) is 3. The van der Waals surface area contributed by atoms with Crippen LogP contribution in [0.15, 0.2) is 18.2 Å². The zero-order chi connectivity index (χ0) is 12.4.